The van der Waals surface area contributed by atoms with E-state index in [1.54, 1.807) is 19.2 Å². The second kappa shape index (κ2) is 6.85. The van der Waals surface area contributed by atoms with Crippen molar-refractivity contribution in [3.8, 4) is 5.75 Å². The molecular weight excluding hydrogens is 271 g/mol. The molecule has 0 aliphatic rings. The lowest BCUT2D eigenvalue weighted by molar-refractivity contribution is -0.120. The Bertz CT molecular complexity index is 614. The fourth-order valence-corrected chi connectivity index (χ4v) is 2.04. The summed E-state index contributed by atoms with van der Waals surface area (Å²) in [6.07, 6.45) is 0. The van der Waals surface area contributed by atoms with Crippen LogP contribution >= 0.6 is 0 Å². The number of hydrogen-bond donors (Lipinski definition) is 2. The van der Waals surface area contributed by atoms with Gasteiger partial charge in [0.25, 0.3) is 0 Å². The van der Waals surface area contributed by atoms with Crippen molar-refractivity contribution in [1.29, 1.82) is 0 Å². The number of nitrogens with two attached hydrogens (primary N) is 1. The highest BCUT2D eigenvalue weighted by Gasteiger charge is 2.17. The maximum atomic E-state index is 12.9. The molecule has 0 radical (unpaired) electrons. The van der Waals surface area contributed by atoms with Crippen molar-refractivity contribution in [1.82, 2.24) is 5.32 Å². The Kier molecular flexibility index (Phi) is 4.90. The number of carbonyl (C=O) groups is 1. The van der Waals surface area contributed by atoms with Gasteiger partial charge in [-0.05, 0) is 35.4 Å². The largest absolute Gasteiger partial charge is 0.497 e. The smallest absolute Gasteiger partial charge is 0.239 e. The Morgan fingerprint density at radius 3 is 2.62 bits per heavy atom. The monoisotopic (exact) mass is 288 g/mol. The van der Waals surface area contributed by atoms with Gasteiger partial charge in [0.2, 0.25) is 5.91 Å². The molecule has 2 aromatic carbocycles. The molecule has 0 heterocycles. The number of amides is 1. The second-order valence-corrected chi connectivity index (χ2v) is 4.62. The molecule has 1 amide bonds. The maximum absolute atomic E-state index is 12.9. The zero-order valence-electron chi connectivity index (χ0n) is 11.7. The highest BCUT2D eigenvalue weighted by molar-refractivity contribution is 5.81. The topological polar surface area (TPSA) is 64.3 Å². The standard InChI is InChI=1S/C16H17FN2O2/c1-21-14-4-2-3-11(9-14)10-19-15(16(18)20)12-5-7-13(17)8-6-12/h2-9,15,19H,10H2,1H3,(H2,18,20). The molecule has 1 atom stereocenters. The first kappa shape index (κ1) is 15.0. The number of carbonyl (C=O) groups excluding carboxylic acids is 1. The lowest BCUT2D eigenvalue weighted by Gasteiger charge is -2.16. The summed E-state index contributed by atoms with van der Waals surface area (Å²) >= 11 is 0. The van der Waals surface area contributed by atoms with E-state index in [-0.39, 0.29) is 5.82 Å². The number of methoxy groups -OCH3 is 1. The average Bonchev–Trinajstić information content (AvgIpc) is 2.49. The Hall–Kier alpha value is -2.40. The Labute approximate surface area is 122 Å². The number of halogens is 1. The maximum Gasteiger partial charge on any atom is 0.239 e. The van der Waals surface area contributed by atoms with Crippen LogP contribution in [0.2, 0.25) is 0 Å². The van der Waals surface area contributed by atoms with Gasteiger partial charge in [-0.15, -0.1) is 0 Å². The van der Waals surface area contributed by atoms with Gasteiger partial charge in [-0.2, -0.15) is 0 Å². The van der Waals surface area contributed by atoms with Gasteiger partial charge in [-0.3, -0.25) is 10.1 Å². The molecular formula is C16H17FN2O2. The second-order valence-electron chi connectivity index (χ2n) is 4.62. The average molecular weight is 288 g/mol. The summed E-state index contributed by atoms with van der Waals surface area (Å²) in [4.78, 5) is 11.6. The minimum atomic E-state index is -0.670. The van der Waals surface area contributed by atoms with Crippen LogP contribution in [0.1, 0.15) is 17.2 Å². The van der Waals surface area contributed by atoms with Crippen molar-refractivity contribution in [2.24, 2.45) is 5.73 Å². The molecule has 0 spiro atoms. The van der Waals surface area contributed by atoms with Gasteiger partial charge in [0.05, 0.1) is 7.11 Å². The number of nitrogens with one attached hydrogen (secondary N) is 1. The SMILES string of the molecule is COc1cccc(CNC(C(N)=O)c2ccc(F)cc2)c1. The molecule has 1 unspecified atom stereocenters. The van der Waals surface area contributed by atoms with Crippen LogP contribution < -0.4 is 15.8 Å². The van der Waals surface area contributed by atoms with Crippen LogP contribution in [-0.4, -0.2) is 13.0 Å². The number of primary amides is 1. The van der Waals surface area contributed by atoms with Crippen molar-refractivity contribution in [3.63, 3.8) is 0 Å². The van der Waals surface area contributed by atoms with Gasteiger partial charge in [0.1, 0.15) is 17.6 Å². The minimum absolute atomic E-state index is 0.352. The van der Waals surface area contributed by atoms with Gasteiger partial charge in [-0.25, -0.2) is 4.39 Å². The number of ether oxygens (including phenoxy) is 1. The van der Waals surface area contributed by atoms with Crippen molar-refractivity contribution < 1.29 is 13.9 Å². The van der Waals surface area contributed by atoms with E-state index in [0.29, 0.717) is 12.1 Å². The summed E-state index contributed by atoms with van der Waals surface area (Å²) < 4.78 is 18.1. The van der Waals surface area contributed by atoms with E-state index in [1.807, 2.05) is 24.3 Å². The lowest BCUT2D eigenvalue weighted by atomic mass is 10.1. The summed E-state index contributed by atoms with van der Waals surface area (Å²) in [7, 11) is 1.59. The molecule has 21 heavy (non-hydrogen) atoms. The highest BCUT2D eigenvalue weighted by Crippen LogP contribution is 2.16. The van der Waals surface area contributed by atoms with Crippen molar-refractivity contribution >= 4 is 5.91 Å². The van der Waals surface area contributed by atoms with Crippen LogP contribution in [-0.2, 0) is 11.3 Å². The summed E-state index contributed by atoms with van der Waals surface area (Å²) in [5, 5.41) is 3.07. The van der Waals surface area contributed by atoms with Gasteiger partial charge in [0, 0.05) is 6.54 Å². The summed E-state index contributed by atoms with van der Waals surface area (Å²) in [6.45, 7) is 0.447. The van der Waals surface area contributed by atoms with Crippen LogP contribution in [0.25, 0.3) is 0 Å². The van der Waals surface area contributed by atoms with Crippen LogP contribution in [0.4, 0.5) is 4.39 Å². The number of benzene rings is 2. The van der Waals surface area contributed by atoms with Crippen molar-refractivity contribution in [3.05, 3.63) is 65.5 Å². The quantitative estimate of drug-likeness (QED) is 0.856. The minimum Gasteiger partial charge on any atom is -0.497 e. The number of hydrogen-bond acceptors (Lipinski definition) is 3. The summed E-state index contributed by atoms with van der Waals surface area (Å²) in [6, 6.07) is 12.5. The first-order valence-corrected chi connectivity index (χ1v) is 6.51. The molecule has 0 bridgehead atoms. The fraction of sp³-hybridized carbons (Fsp3) is 0.188. The molecule has 0 aliphatic carbocycles. The van der Waals surface area contributed by atoms with E-state index in [1.165, 1.54) is 12.1 Å². The Morgan fingerprint density at radius 1 is 1.29 bits per heavy atom. The molecule has 110 valence electrons. The van der Waals surface area contributed by atoms with E-state index in [4.69, 9.17) is 10.5 Å². The molecule has 5 heteroatoms. The van der Waals surface area contributed by atoms with Crippen LogP contribution in [0.3, 0.4) is 0 Å². The highest BCUT2D eigenvalue weighted by atomic mass is 19.1. The molecule has 0 fully saturated rings. The molecule has 0 saturated heterocycles. The first-order valence-electron chi connectivity index (χ1n) is 6.51. The molecule has 0 aromatic heterocycles. The van der Waals surface area contributed by atoms with E-state index in [9.17, 15) is 9.18 Å². The van der Waals surface area contributed by atoms with E-state index in [0.717, 1.165) is 11.3 Å². The van der Waals surface area contributed by atoms with E-state index in [2.05, 4.69) is 5.32 Å². The summed E-state index contributed by atoms with van der Waals surface area (Å²) in [5.41, 5.74) is 7.00. The molecule has 3 N–H and O–H groups in total. The molecule has 2 rings (SSSR count). The van der Waals surface area contributed by atoms with E-state index < -0.39 is 11.9 Å². The zero-order chi connectivity index (χ0) is 15.2. The third-order valence-electron chi connectivity index (χ3n) is 3.13. The Morgan fingerprint density at radius 2 is 2.00 bits per heavy atom. The van der Waals surface area contributed by atoms with Crippen molar-refractivity contribution in [2.45, 2.75) is 12.6 Å². The molecule has 2 aromatic rings. The zero-order valence-corrected chi connectivity index (χ0v) is 11.7. The van der Waals surface area contributed by atoms with Crippen LogP contribution in [0.15, 0.2) is 48.5 Å². The number of rotatable bonds is 6. The predicted molar refractivity (Wildman–Crippen MR) is 78.2 cm³/mol. The van der Waals surface area contributed by atoms with Gasteiger partial charge >= 0.3 is 0 Å². The third-order valence-corrected chi connectivity index (χ3v) is 3.13. The van der Waals surface area contributed by atoms with Crippen LogP contribution in [0.5, 0.6) is 5.75 Å². The van der Waals surface area contributed by atoms with Crippen molar-refractivity contribution in [2.75, 3.05) is 7.11 Å². The third kappa shape index (κ3) is 4.03. The molecule has 0 aliphatic heterocycles. The Balaban J connectivity index is 2.10. The predicted octanol–water partition coefficient (Wildman–Crippen LogP) is 2.15. The van der Waals surface area contributed by atoms with E-state index >= 15 is 0 Å². The molecule has 4 nitrogen and oxygen atoms in total. The normalized spacial score (nSPS) is 11.9. The molecule has 0 saturated carbocycles. The lowest BCUT2D eigenvalue weighted by Crippen LogP contribution is -2.33. The van der Waals surface area contributed by atoms with Crippen LogP contribution in [0, 0.1) is 5.82 Å². The van der Waals surface area contributed by atoms with Gasteiger partial charge in [-0.1, -0.05) is 24.3 Å². The first-order chi connectivity index (χ1) is 10.1. The fourth-order valence-electron chi connectivity index (χ4n) is 2.04. The van der Waals surface area contributed by atoms with Gasteiger partial charge in [0.15, 0.2) is 0 Å². The van der Waals surface area contributed by atoms with Gasteiger partial charge < -0.3 is 10.5 Å². The summed E-state index contributed by atoms with van der Waals surface area (Å²) in [5.74, 6) is -0.119.